The maximum atomic E-state index is 6.15. The second-order valence-electron chi connectivity index (χ2n) is 7.23. The van der Waals surface area contributed by atoms with Crippen molar-refractivity contribution in [2.75, 3.05) is 32.1 Å². The SMILES string of the molecule is COc1cccc(NC(N)=NCC(c2ccccc2)N2CCC(C)CC2)c1. The normalized spacial score (nSPS) is 17.5. The molecule has 2 aromatic carbocycles. The molecule has 3 rings (SSSR count). The van der Waals surface area contributed by atoms with Crippen molar-refractivity contribution in [3.8, 4) is 5.75 Å². The Morgan fingerprint density at radius 2 is 1.93 bits per heavy atom. The zero-order chi connectivity index (χ0) is 19.1. The van der Waals surface area contributed by atoms with E-state index in [0.29, 0.717) is 12.5 Å². The van der Waals surface area contributed by atoms with Gasteiger partial charge in [0.15, 0.2) is 5.96 Å². The Bertz CT molecular complexity index is 739. The summed E-state index contributed by atoms with van der Waals surface area (Å²) >= 11 is 0. The molecule has 2 aromatic rings. The summed E-state index contributed by atoms with van der Waals surface area (Å²) in [6.07, 6.45) is 2.48. The fraction of sp³-hybridized carbons (Fsp3) is 0.409. The summed E-state index contributed by atoms with van der Waals surface area (Å²) in [5.41, 5.74) is 8.32. The van der Waals surface area contributed by atoms with Crippen molar-refractivity contribution >= 4 is 11.6 Å². The van der Waals surface area contributed by atoms with E-state index in [2.05, 4.69) is 52.5 Å². The Balaban J connectivity index is 1.70. The van der Waals surface area contributed by atoms with Gasteiger partial charge in [-0.15, -0.1) is 0 Å². The highest BCUT2D eigenvalue weighted by Gasteiger charge is 2.24. The molecule has 1 unspecified atom stereocenters. The molecular weight excluding hydrogens is 336 g/mol. The second-order valence-corrected chi connectivity index (χ2v) is 7.23. The number of hydrogen-bond donors (Lipinski definition) is 2. The van der Waals surface area contributed by atoms with Crippen LogP contribution in [-0.4, -0.2) is 37.6 Å². The van der Waals surface area contributed by atoms with Crippen LogP contribution in [0.3, 0.4) is 0 Å². The van der Waals surface area contributed by atoms with Gasteiger partial charge in [-0.25, -0.2) is 0 Å². The van der Waals surface area contributed by atoms with Gasteiger partial charge in [0.05, 0.1) is 19.7 Å². The maximum absolute atomic E-state index is 6.15. The lowest BCUT2D eigenvalue weighted by Gasteiger charge is -2.36. The lowest BCUT2D eigenvalue weighted by Crippen LogP contribution is -2.38. The zero-order valence-electron chi connectivity index (χ0n) is 16.3. The Hall–Kier alpha value is -2.53. The molecule has 27 heavy (non-hydrogen) atoms. The smallest absolute Gasteiger partial charge is 0.193 e. The molecule has 1 heterocycles. The number of aliphatic imine (C=N–C) groups is 1. The van der Waals surface area contributed by atoms with Gasteiger partial charge in [0, 0.05) is 11.8 Å². The second kappa shape index (κ2) is 9.42. The van der Waals surface area contributed by atoms with Gasteiger partial charge in [0.25, 0.3) is 0 Å². The monoisotopic (exact) mass is 366 g/mol. The highest BCUT2D eigenvalue weighted by Crippen LogP contribution is 2.27. The third-order valence-electron chi connectivity index (χ3n) is 5.22. The van der Waals surface area contributed by atoms with Crippen molar-refractivity contribution in [2.45, 2.75) is 25.8 Å². The fourth-order valence-electron chi connectivity index (χ4n) is 3.52. The Labute approximate surface area is 162 Å². The van der Waals surface area contributed by atoms with E-state index in [1.807, 2.05) is 24.3 Å². The number of benzene rings is 2. The highest BCUT2D eigenvalue weighted by atomic mass is 16.5. The lowest BCUT2D eigenvalue weighted by molar-refractivity contribution is 0.141. The lowest BCUT2D eigenvalue weighted by atomic mass is 9.96. The number of likely N-dealkylation sites (tertiary alicyclic amines) is 1. The van der Waals surface area contributed by atoms with Crippen molar-refractivity contribution in [1.29, 1.82) is 0 Å². The van der Waals surface area contributed by atoms with Crippen molar-refractivity contribution in [1.82, 2.24) is 4.90 Å². The van der Waals surface area contributed by atoms with Gasteiger partial charge in [-0.3, -0.25) is 9.89 Å². The van der Waals surface area contributed by atoms with Crippen LogP contribution >= 0.6 is 0 Å². The van der Waals surface area contributed by atoms with Crippen LogP contribution in [0.25, 0.3) is 0 Å². The largest absolute Gasteiger partial charge is 0.497 e. The summed E-state index contributed by atoms with van der Waals surface area (Å²) in [6, 6.07) is 18.6. The van der Waals surface area contributed by atoms with Crippen LogP contribution in [0.15, 0.2) is 59.6 Å². The average molecular weight is 367 g/mol. The van der Waals surface area contributed by atoms with E-state index in [9.17, 15) is 0 Å². The number of guanidine groups is 1. The van der Waals surface area contributed by atoms with E-state index in [-0.39, 0.29) is 6.04 Å². The zero-order valence-corrected chi connectivity index (χ0v) is 16.3. The molecule has 0 spiro atoms. The number of hydrogen-bond acceptors (Lipinski definition) is 3. The molecule has 1 aliphatic heterocycles. The van der Waals surface area contributed by atoms with E-state index in [1.54, 1.807) is 7.11 Å². The molecule has 1 atom stereocenters. The van der Waals surface area contributed by atoms with Gasteiger partial charge in [-0.05, 0) is 49.5 Å². The molecule has 144 valence electrons. The number of anilines is 1. The van der Waals surface area contributed by atoms with Gasteiger partial charge in [-0.2, -0.15) is 0 Å². The first-order valence-corrected chi connectivity index (χ1v) is 9.65. The minimum absolute atomic E-state index is 0.254. The van der Waals surface area contributed by atoms with Crippen LogP contribution in [0.1, 0.15) is 31.4 Å². The minimum atomic E-state index is 0.254. The van der Waals surface area contributed by atoms with Crippen molar-refractivity contribution in [3.05, 3.63) is 60.2 Å². The molecule has 0 radical (unpaired) electrons. The van der Waals surface area contributed by atoms with Crippen LogP contribution in [0.2, 0.25) is 0 Å². The van der Waals surface area contributed by atoms with Gasteiger partial charge in [-0.1, -0.05) is 43.3 Å². The predicted molar refractivity (Wildman–Crippen MR) is 112 cm³/mol. The molecule has 3 N–H and O–H groups in total. The molecule has 1 fully saturated rings. The van der Waals surface area contributed by atoms with Gasteiger partial charge >= 0.3 is 0 Å². The fourth-order valence-corrected chi connectivity index (χ4v) is 3.52. The Morgan fingerprint density at radius 1 is 1.19 bits per heavy atom. The molecule has 1 aliphatic rings. The van der Waals surface area contributed by atoms with E-state index in [4.69, 9.17) is 10.5 Å². The summed E-state index contributed by atoms with van der Waals surface area (Å²) in [6.45, 7) is 5.20. The van der Waals surface area contributed by atoms with Crippen molar-refractivity contribution < 1.29 is 4.74 Å². The number of nitrogens with zero attached hydrogens (tertiary/aromatic N) is 2. The summed E-state index contributed by atoms with van der Waals surface area (Å²) in [7, 11) is 1.65. The first-order chi connectivity index (χ1) is 13.2. The Kier molecular flexibility index (Phi) is 6.71. The Morgan fingerprint density at radius 3 is 2.63 bits per heavy atom. The minimum Gasteiger partial charge on any atom is -0.497 e. The quantitative estimate of drug-likeness (QED) is 0.601. The van der Waals surface area contributed by atoms with E-state index >= 15 is 0 Å². The van der Waals surface area contributed by atoms with Crippen LogP contribution < -0.4 is 15.8 Å². The van der Waals surface area contributed by atoms with Crippen molar-refractivity contribution in [3.63, 3.8) is 0 Å². The number of nitrogens with two attached hydrogens (primary N) is 1. The first-order valence-electron chi connectivity index (χ1n) is 9.65. The third kappa shape index (κ3) is 5.47. The summed E-state index contributed by atoms with van der Waals surface area (Å²) in [4.78, 5) is 7.19. The molecule has 0 aromatic heterocycles. The topological polar surface area (TPSA) is 62.9 Å². The molecule has 5 heteroatoms. The van der Waals surface area contributed by atoms with Crippen LogP contribution in [0, 0.1) is 5.92 Å². The van der Waals surface area contributed by atoms with Gasteiger partial charge in [0.1, 0.15) is 5.75 Å². The van der Waals surface area contributed by atoms with Gasteiger partial charge < -0.3 is 15.8 Å². The van der Waals surface area contributed by atoms with Gasteiger partial charge in [0.2, 0.25) is 0 Å². The van der Waals surface area contributed by atoms with Crippen LogP contribution in [0.4, 0.5) is 5.69 Å². The number of methoxy groups -OCH3 is 1. The first kappa shape index (κ1) is 19.2. The molecule has 0 saturated carbocycles. The average Bonchev–Trinajstić information content (AvgIpc) is 2.70. The third-order valence-corrected chi connectivity index (χ3v) is 5.22. The number of ether oxygens (including phenoxy) is 1. The summed E-state index contributed by atoms with van der Waals surface area (Å²) < 4.78 is 5.25. The van der Waals surface area contributed by atoms with Crippen molar-refractivity contribution in [2.24, 2.45) is 16.6 Å². The van der Waals surface area contributed by atoms with E-state index in [1.165, 1.54) is 18.4 Å². The molecule has 0 bridgehead atoms. The number of nitrogens with one attached hydrogen (secondary N) is 1. The van der Waals surface area contributed by atoms with E-state index in [0.717, 1.165) is 30.4 Å². The molecule has 1 saturated heterocycles. The molecule has 0 amide bonds. The predicted octanol–water partition coefficient (Wildman–Crippen LogP) is 3.90. The highest BCUT2D eigenvalue weighted by molar-refractivity contribution is 5.92. The molecular formula is C22H30N4O. The van der Waals surface area contributed by atoms with Crippen LogP contribution in [-0.2, 0) is 0 Å². The van der Waals surface area contributed by atoms with E-state index < -0.39 is 0 Å². The number of piperidine rings is 1. The molecule has 0 aliphatic carbocycles. The standard InChI is InChI=1S/C22H30N4O/c1-17-11-13-26(14-12-17)21(18-7-4-3-5-8-18)16-24-22(23)25-19-9-6-10-20(15-19)27-2/h3-10,15,17,21H,11-14,16H2,1-2H3,(H3,23,24,25). The number of rotatable bonds is 6. The van der Waals surface area contributed by atoms with Crippen LogP contribution in [0.5, 0.6) is 5.75 Å². The maximum Gasteiger partial charge on any atom is 0.193 e. The molecule has 5 nitrogen and oxygen atoms in total. The summed E-state index contributed by atoms with van der Waals surface area (Å²) in [5, 5.41) is 3.16. The summed E-state index contributed by atoms with van der Waals surface area (Å²) in [5.74, 6) is 2.02.